The maximum Gasteiger partial charge on any atom is 0.224 e. The van der Waals surface area contributed by atoms with E-state index in [0.29, 0.717) is 23.2 Å². The van der Waals surface area contributed by atoms with Crippen LogP contribution in [0.5, 0.6) is 0 Å². The molecule has 0 saturated carbocycles. The number of rotatable bonds is 3. The maximum absolute atomic E-state index is 11.5. The number of anilines is 1. The van der Waals surface area contributed by atoms with Crippen molar-refractivity contribution >= 4 is 23.2 Å². The molecule has 0 radical (unpaired) electrons. The highest BCUT2D eigenvalue weighted by Gasteiger charge is 2.19. The van der Waals surface area contributed by atoms with Crippen LogP contribution in [0.15, 0.2) is 18.3 Å². The zero-order chi connectivity index (χ0) is 10.7. The van der Waals surface area contributed by atoms with Crippen molar-refractivity contribution in [2.45, 2.75) is 6.42 Å². The van der Waals surface area contributed by atoms with Gasteiger partial charge in [-0.25, -0.2) is 4.98 Å². The van der Waals surface area contributed by atoms with E-state index in [9.17, 15) is 4.79 Å². The fourth-order valence-electron chi connectivity index (χ4n) is 1.42. The Kier molecular flexibility index (Phi) is 3.18. The van der Waals surface area contributed by atoms with Gasteiger partial charge in [-0.3, -0.25) is 4.79 Å². The molecule has 2 rings (SSSR count). The van der Waals surface area contributed by atoms with E-state index in [-0.39, 0.29) is 5.91 Å². The van der Waals surface area contributed by atoms with Crippen LogP contribution in [0.3, 0.4) is 0 Å². The van der Waals surface area contributed by atoms with Crippen LogP contribution >= 0.6 is 11.6 Å². The molecule has 1 aromatic heterocycles. The summed E-state index contributed by atoms with van der Waals surface area (Å²) in [6, 6.07) is 3.40. The average Bonchev–Trinajstić information content (AvgIpc) is 2.16. The van der Waals surface area contributed by atoms with Gasteiger partial charge in [-0.2, -0.15) is 0 Å². The molecule has 80 valence electrons. The second-order valence-electron chi connectivity index (χ2n) is 3.65. The van der Waals surface area contributed by atoms with Crippen molar-refractivity contribution in [3.8, 4) is 0 Å². The van der Waals surface area contributed by atoms with Crippen molar-refractivity contribution in [3.05, 3.63) is 23.5 Å². The Morgan fingerprint density at radius 3 is 2.93 bits per heavy atom. The molecule has 1 aliphatic heterocycles. The summed E-state index contributed by atoms with van der Waals surface area (Å²) in [5.74, 6) is 0.510. The molecule has 0 unspecified atom stereocenters. The lowest BCUT2D eigenvalue weighted by molar-refractivity contribution is -0.117. The fourth-order valence-corrected chi connectivity index (χ4v) is 1.53. The first kappa shape index (κ1) is 10.4. The number of carbonyl (C=O) groups excluding carboxylic acids is 1. The summed E-state index contributed by atoms with van der Waals surface area (Å²) in [5, 5.41) is 6.34. The number of nitrogens with zero attached hydrogens (tertiary/aromatic N) is 1. The zero-order valence-corrected chi connectivity index (χ0v) is 8.92. The Balaban J connectivity index is 1.84. The molecule has 1 saturated heterocycles. The predicted molar refractivity (Wildman–Crippen MR) is 58.9 cm³/mol. The van der Waals surface area contributed by atoms with Gasteiger partial charge in [0, 0.05) is 6.42 Å². The summed E-state index contributed by atoms with van der Waals surface area (Å²) >= 11 is 5.63. The van der Waals surface area contributed by atoms with Gasteiger partial charge in [0.1, 0.15) is 5.15 Å². The third-order valence-corrected chi connectivity index (χ3v) is 2.57. The van der Waals surface area contributed by atoms with Crippen LogP contribution in [0.25, 0.3) is 0 Å². The number of carbonyl (C=O) groups is 1. The van der Waals surface area contributed by atoms with Crippen LogP contribution in [0, 0.1) is 5.92 Å². The Bertz CT molecular complexity index is 348. The molecule has 0 aliphatic carbocycles. The summed E-state index contributed by atoms with van der Waals surface area (Å²) in [6.45, 7) is 1.87. The first-order valence-corrected chi connectivity index (χ1v) is 5.24. The molecule has 0 atom stereocenters. The van der Waals surface area contributed by atoms with Gasteiger partial charge in [-0.05, 0) is 31.1 Å². The van der Waals surface area contributed by atoms with Gasteiger partial charge in [0.2, 0.25) is 5.91 Å². The van der Waals surface area contributed by atoms with E-state index >= 15 is 0 Å². The van der Waals surface area contributed by atoms with Gasteiger partial charge < -0.3 is 10.6 Å². The highest BCUT2D eigenvalue weighted by molar-refractivity contribution is 6.29. The maximum atomic E-state index is 11.5. The van der Waals surface area contributed by atoms with Crippen molar-refractivity contribution in [1.29, 1.82) is 0 Å². The number of amides is 1. The predicted octanol–water partition coefficient (Wildman–Crippen LogP) is 1.28. The van der Waals surface area contributed by atoms with Crippen LogP contribution < -0.4 is 10.6 Å². The Hall–Kier alpha value is -1.13. The van der Waals surface area contributed by atoms with Crippen molar-refractivity contribution < 1.29 is 4.79 Å². The topological polar surface area (TPSA) is 54.0 Å². The van der Waals surface area contributed by atoms with E-state index in [4.69, 9.17) is 11.6 Å². The summed E-state index contributed by atoms with van der Waals surface area (Å²) in [4.78, 5) is 15.4. The van der Waals surface area contributed by atoms with Gasteiger partial charge in [-0.1, -0.05) is 11.6 Å². The van der Waals surface area contributed by atoms with Crippen LogP contribution in [-0.2, 0) is 4.79 Å². The summed E-state index contributed by atoms with van der Waals surface area (Å²) in [7, 11) is 0. The molecule has 2 heterocycles. The molecule has 0 spiro atoms. The van der Waals surface area contributed by atoms with E-state index in [0.717, 1.165) is 13.1 Å². The number of nitrogens with one attached hydrogen (secondary N) is 2. The molecule has 15 heavy (non-hydrogen) atoms. The first-order valence-electron chi connectivity index (χ1n) is 4.86. The van der Waals surface area contributed by atoms with Gasteiger partial charge in [0.25, 0.3) is 0 Å². The van der Waals surface area contributed by atoms with Crippen molar-refractivity contribution in [2.24, 2.45) is 5.92 Å². The van der Waals surface area contributed by atoms with Gasteiger partial charge >= 0.3 is 0 Å². The van der Waals surface area contributed by atoms with Crippen molar-refractivity contribution in [2.75, 3.05) is 18.4 Å². The highest BCUT2D eigenvalue weighted by Crippen LogP contribution is 2.12. The van der Waals surface area contributed by atoms with E-state index in [2.05, 4.69) is 15.6 Å². The third kappa shape index (κ3) is 2.91. The molecule has 2 N–H and O–H groups in total. The Morgan fingerprint density at radius 1 is 1.60 bits per heavy atom. The molecular weight excluding hydrogens is 214 g/mol. The van der Waals surface area contributed by atoms with E-state index in [1.54, 1.807) is 18.3 Å². The minimum Gasteiger partial charge on any atom is -0.325 e. The first-order chi connectivity index (χ1) is 7.24. The number of hydrogen-bond donors (Lipinski definition) is 2. The van der Waals surface area contributed by atoms with Gasteiger partial charge in [-0.15, -0.1) is 0 Å². The summed E-state index contributed by atoms with van der Waals surface area (Å²) in [6.07, 6.45) is 2.12. The quantitative estimate of drug-likeness (QED) is 0.763. The molecule has 0 aromatic carbocycles. The lowest BCUT2D eigenvalue weighted by Gasteiger charge is -2.26. The minimum absolute atomic E-state index is 0.0330. The second-order valence-corrected chi connectivity index (χ2v) is 4.03. The number of hydrogen-bond acceptors (Lipinski definition) is 3. The number of aromatic nitrogens is 1. The standard InChI is InChI=1S/C10H12ClN3O/c11-9-2-1-8(6-13-9)14-10(15)3-7-4-12-5-7/h1-2,6-7,12H,3-5H2,(H,14,15). The van der Waals surface area contributed by atoms with Crippen LogP contribution in [-0.4, -0.2) is 24.0 Å². The molecule has 1 fully saturated rings. The van der Waals surface area contributed by atoms with E-state index in [1.807, 2.05) is 0 Å². The SMILES string of the molecule is O=C(CC1CNC1)Nc1ccc(Cl)nc1. The molecule has 0 bridgehead atoms. The number of pyridine rings is 1. The molecule has 1 aromatic rings. The normalized spacial score (nSPS) is 15.8. The third-order valence-electron chi connectivity index (χ3n) is 2.35. The summed E-state index contributed by atoms with van der Waals surface area (Å²) < 4.78 is 0. The lowest BCUT2D eigenvalue weighted by Crippen LogP contribution is -2.43. The second kappa shape index (κ2) is 4.59. The van der Waals surface area contributed by atoms with Crippen molar-refractivity contribution in [3.63, 3.8) is 0 Å². The van der Waals surface area contributed by atoms with E-state index < -0.39 is 0 Å². The largest absolute Gasteiger partial charge is 0.325 e. The molecule has 5 heteroatoms. The average molecular weight is 226 g/mol. The van der Waals surface area contributed by atoms with Crippen LogP contribution in [0.4, 0.5) is 5.69 Å². The van der Waals surface area contributed by atoms with Gasteiger partial charge in [0.15, 0.2) is 0 Å². The Morgan fingerprint density at radius 2 is 2.40 bits per heavy atom. The smallest absolute Gasteiger partial charge is 0.224 e. The van der Waals surface area contributed by atoms with E-state index in [1.165, 1.54) is 0 Å². The fraction of sp³-hybridized carbons (Fsp3) is 0.400. The monoisotopic (exact) mass is 225 g/mol. The summed E-state index contributed by atoms with van der Waals surface area (Å²) in [5.41, 5.74) is 0.691. The highest BCUT2D eigenvalue weighted by atomic mass is 35.5. The Labute approximate surface area is 93.0 Å². The lowest BCUT2D eigenvalue weighted by atomic mass is 9.99. The van der Waals surface area contributed by atoms with Gasteiger partial charge in [0.05, 0.1) is 11.9 Å². The zero-order valence-electron chi connectivity index (χ0n) is 8.16. The van der Waals surface area contributed by atoms with Crippen LogP contribution in [0.1, 0.15) is 6.42 Å². The van der Waals surface area contributed by atoms with Crippen molar-refractivity contribution in [1.82, 2.24) is 10.3 Å². The molecule has 1 amide bonds. The molecule has 4 nitrogen and oxygen atoms in total. The molecule has 1 aliphatic rings. The molecular formula is C10H12ClN3O. The minimum atomic E-state index is 0.0330. The van der Waals surface area contributed by atoms with Crippen LogP contribution in [0.2, 0.25) is 5.15 Å². The number of halogens is 1.